The SMILES string of the molecule is CCNC(=NCc1ncc(-c2ccccc2)[nH]1)NCCCN1CCCCCC1=O. The minimum absolute atomic E-state index is 0.301. The van der Waals surface area contributed by atoms with Gasteiger partial charge >= 0.3 is 0 Å². The number of hydrogen-bond acceptors (Lipinski definition) is 3. The third-order valence-electron chi connectivity index (χ3n) is 5.01. The summed E-state index contributed by atoms with van der Waals surface area (Å²) in [5, 5.41) is 6.62. The zero-order valence-electron chi connectivity index (χ0n) is 17.3. The van der Waals surface area contributed by atoms with Crippen LogP contribution < -0.4 is 10.6 Å². The lowest BCUT2D eigenvalue weighted by atomic mass is 10.2. The summed E-state index contributed by atoms with van der Waals surface area (Å²) < 4.78 is 0. The van der Waals surface area contributed by atoms with E-state index < -0.39 is 0 Å². The lowest BCUT2D eigenvalue weighted by molar-refractivity contribution is -0.130. The summed E-state index contributed by atoms with van der Waals surface area (Å²) in [6.45, 7) is 5.81. The van der Waals surface area contributed by atoms with Gasteiger partial charge in [-0.25, -0.2) is 9.98 Å². The zero-order chi connectivity index (χ0) is 20.3. The first kappa shape index (κ1) is 20.9. The predicted octanol–water partition coefficient (Wildman–Crippen LogP) is 2.92. The van der Waals surface area contributed by atoms with Gasteiger partial charge in [0.25, 0.3) is 0 Å². The number of imidazole rings is 1. The number of aromatic nitrogens is 2. The van der Waals surface area contributed by atoms with E-state index >= 15 is 0 Å². The summed E-state index contributed by atoms with van der Waals surface area (Å²) in [7, 11) is 0. The maximum atomic E-state index is 12.1. The van der Waals surface area contributed by atoms with Crippen molar-refractivity contribution in [3.63, 3.8) is 0 Å². The summed E-state index contributed by atoms with van der Waals surface area (Å²) in [6.07, 6.45) is 6.77. The van der Waals surface area contributed by atoms with Gasteiger partial charge in [0.15, 0.2) is 5.96 Å². The first-order valence-corrected chi connectivity index (χ1v) is 10.7. The highest BCUT2D eigenvalue weighted by Gasteiger charge is 2.15. The van der Waals surface area contributed by atoms with Crippen molar-refractivity contribution in [3.05, 3.63) is 42.4 Å². The quantitative estimate of drug-likeness (QED) is 0.364. The van der Waals surface area contributed by atoms with Crippen LogP contribution in [0.1, 0.15) is 44.9 Å². The molecule has 156 valence electrons. The van der Waals surface area contributed by atoms with E-state index in [0.717, 1.165) is 74.9 Å². The van der Waals surface area contributed by atoms with Crippen LogP contribution in [0.15, 0.2) is 41.5 Å². The average molecular weight is 397 g/mol. The van der Waals surface area contributed by atoms with Gasteiger partial charge in [-0.05, 0) is 31.7 Å². The fourth-order valence-corrected chi connectivity index (χ4v) is 3.45. The number of aromatic amines is 1. The molecule has 1 amide bonds. The van der Waals surface area contributed by atoms with Crippen LogP contribution in [0.2, 0.25) is 0 Å². The van der Waals surface area contributed by atoms with Gasteiger partial charge in [-0.3, -0.25) is 4.79 Å². The summed E-state index contributed by atoms with van der Waals surface area (Å²) in [5.41, 5.74) is 2.11. The Morgan fingerprint density at radius 3 is 2.90 bits per heavy atom. The first-order valence-electron chi connectivity index (χ1n) is 10.7. The summed E-state index contributed by atoms with van der Waals surface area (Å²) in [4.78, 5) is 26.5. The van der Waals surface area contributed by atoms with Gasteiger partial charge in [-0.1, -0.05) is 36.8 Å². The van der Waals surface area contributed by atoms with E-state index in [9.17, 15) is 4.79 Å². The number of amides is 1. The van der Waals surface area contributed by atoms with Crippen LogP contribution in [0.5, 0.6) is 0 Å². The topological polar surface area (TPSA) is 85.4 Å². The Bertz CT molecular complexity index is 786. The number of nitrogens with zero attached hydrogens (tertiary/aromatic N) is 3. The maximum absolute atomic E-state index is 12.1. The normalized spacial score (nSPS) is 15.3. The molecule has 1 aromatic carbocycles. The lowest BCUT2D eigenvalue weighted by Crippen LogP contribution is -2.39. The molecule has 2 aromatic rings. The second-order valence-electron chi connectivity index (χ2n) is 7.28. The standard InChI is InChI=1S/C22H32N6O/c1-2-23-22(24-13-9-15-28-14-8-4-7-12-21(28)29)26-17-20-25-16-19(27-20)18-10-5-3-6-11-18/h3,5-6,10-11,16H,2,4,7-9,12-15,17H2,1H3,(H,25,27)(H2,23,24,26). The van der Waals surface area contributed by atoms with E-state index in [1.54, 1.807) is 0 Å². The Hall–Kier alpha value is -2.83. The number of likely N-dealkylation sites (tertiary alicyclic amines) is 1. The third-order valence-corrected chi connectivity index (χ3v) is 5.01. The highest BCUT2D eigenvalue weighted by Crippen LogP contribution is 2.16. The largest absolute Gasteiger partial charge is 0.357 e. The molecule has 0 radical (unpaired) electrons. The summed E-state index contributed by atoms with van der Waals surface area (Å²) in [5.74, 6) is 1.90. The van der Waals surface area contributed by atoms with Crippen LogP contribution in [0.3, 0.4) is 0 Å². The number of benzene rings is 1. The van der Waals surface area contributed by atoms with Crippen molar-refractivity contribution < 1.29 is 4.79 Å². The van der Waals surface area contributed by atoms with Gasteiger partial charge in [0.1, 0.15) is 12.4 Å². The number of aliphatic imine (C=N–C) groups is 1. The molecule has 0 aliphatic carbocycles. The summed E-state index contributed by atoms with van der Waals surface area (Å²) in [6, 6.07) is 10.1. The molecule has 1 aliphatic rings. The summed E-state index contributed by atoms with van der Waals surface area (Å²) >= 11 is 0. The van der Waals surface area contributed by atoms with Crippen molar-refractivity contribution in [2.24, 2.45) is 4.99 Å². The number of carbonyl (C=O) groups excluding carboxylic acids is 1. The van der Waals surface area contributed by atoms with Crippen LogP contribution in [-0.4, -0.2) is 52.9 Å². The molecule has 7 nitrogen and oxygen atoms in total. The Labute approximate surface area is 173 Å². The molecular weight excluding hydrogens is 364 g/mol. The minimum Gasteiger partial charge on any atom is -0.357 e. The van der Waals surface area contributed by atoms with Crippen LogP contribution in [0, 0.1) is 0 Å². The van der Waals surface area contributed by atoms with E-state index in [-0.39, 0.29) is 0 Å². The second-order valence-corrected chi connectivity index (χ2v) is 7.28. The van der Waals surface area contributed by atoms with E-state index in [1.165, 1.54) is 0 Å². The lowest BCUT2D eigenvalue weighted by Gasteiger charge is -2.20. The van der Waals surface area contributed by atoms with Gasteiger partial charge in [0.05, 0.1) is 11.9 Å². The molecule has 29 heavy (non-hydrogen) atoms. The molecule has 7 heteroatoms. The van der Waals surface area contributed by atoms with E-state index in [2.05, 4.69) is 37.7 Å². The molecular formula is C22H32N6O. The Balaban J connectivity index is 1.47. The molecule has 1 saturated heterocycles. The first-order chi connectivity index (χ1) is 14.3. The van der Waals surface area contributed by atoms with Crippen molar-refractivity contribution in [2.45, 2.75) is 45.6 Å². The molecule has 0 saturated carbocycles. The van der Waals surface area contributed by atoms with E-state index in [4.69, 9.17) is 0 Å². The molecule has 1 fully saturated rings. The van der Waals surface area contributed by atoms with Crippen LogP contribution in [0.4, 0.5) is 0 Å². The van der Waals surface area contributed by atoms with Gasteiger partial charge < -0.3 is 20.5 Å². The highest BCUT2D eigenvalue weighted by molar-refractivity contribution is 5.79. The highest BCUT2D eigenvalue weighted by atomic mass is 16.2. The molecule has 3 N–H and O–H groups in total. The third kappa shape index (κ3) is 6.62. The number of nitrogens with one attached hydrogen (secondary N) is 3. The van der Waals surface area contributed by atoms with Crippen LogP contribution in [-0.2, 0) is 11.3 Å². The molecule has 1 aromatic heterocycles. The number of guanidine groups is 1. The van der Waals surface area contributed by atoms with Crippen molar-refractivity contribution in [2.75, 3.05) is 26.2 Å². The average Bonchev–Trinajstić information content (AvgIpc) is 3.13. The molecule has 1 aliphatic heterocycles. The predicted molar refractivity (Wildman–Crippen MR) is 117 cm³/mol. The molecule has 2 heterocycles. The van der Waals surface area contributed by atoms with E-state index in [0.29, 0.717) is 18.9 Å². The monoisotopic (exact) mass is 396 g/mol. The number of rotatable bonds is 8. The smallest absolute Gasteiger partial charge is 0.222 e. The van der Waals surface area contributed by atoms with Gasteiger partial charge in [-0.15, -0.1) is 0 Å². The Morgan fingerprint density at radius 1 is 1.21 bits per heavy atom. The second kappa shape index (κ2) is 11.2. The van der Waals surface area contributed by atoms with Gasteiger partial charge in [0.2, 0.25) is 5.91 Å². The minimum atomic E-state index is 0.301. The number of carbonyl (C=O) groups is 1. The van der Waals surface area contributed by atoms with Gasteiger partial charge in [0, 0.05) is 32.6 Å². The molecule has 0 atom stereocenters. The maximum Gasteiger partial charge on any atom is 0.222 e. The number of H-pyrrole nitrogens is 1. The molecule has 0 unspecified atom stereocenters. The Morgan fingerprint density at radius 2 is 2.07 bits per heavy atom. The van der Waals surface area contributed by atoms with E-state index in [1.807, 2.05) is 36.2 Å². The van der Waals surface area contributed by atoms with Crippen LogP contribution in [0.25, 0.3) is 11.3 Å². The molecule has 0 bridgehead atoms. The van der Waals surface area contributed by atoms with Crippen LogP contribution >= 0.6 is 0 Å². The fourth-order valence-electron chi connectivity index (χ4n) is 3.45. The van der Waals surface area contributed by atoms with Gasteiger partial charge in [-0.2, -0.15) is 0 Å². The molecule has 3 rings (SSSR count). The molecule has 0 spiro atoms. The van der Waals surface area contributed by atoms with Crippen molar-refractivity contribution in [1.29, 1.82) is 0 Å². The number of hydrogen-bond donors (Lipinski definition) is 3. The van der Waals surface area contributed by atoms with Crippen molar-refractivity contribution >= 4 is 11.9 Å². The fraction of sp³-hybridized carbons (Fsp3) is 0.500. The Kier molecular flexibility index (Phi) is 8.10. The zero-order valence-corrected chi connectivity index (χ0v) is 17.3. The van der Waals surface area contributed by atoms with Crippen molar-refractivity contribution in [3.8, 4) is 11.3 Å². The van der Waals surface area contributed by atoms with Crippen molar-refractivity contribution in [1.82, 2.24) is 25.5 Å².